The van der Waals surface area contributed by atoms with Gasteiger partial charge in [0.25, 0.3) is 0 Å². The van der Waals surface area contributed by atoms with Gasteiger partial charge in [0.1, 0.15) is 0 Å². The maximum Gasteiger partial charge on any atom is 0.219 e. The van der Waals surface area contributed by atoms with Crippen LogP contribution in [0.25, 0.3) is 0 Å². The van der Waals surface area contributed by atoms with Gasteiger partial charge in [-0.15, -0.1) is 0 Å². The van der Waals surface area contributed by atoms with Crippen molar-refractivity contribution in [1.29, 1.82) is 0 Å². The van der Waals surface area contributed by atoms with Gasteiger partial charge in [-0.3, -0.25) is 9.00 Å². The number of hydrogen-bond acceptors (Lipinski definition) is 2. The number of piperidine rings is 1. The summed E-state index contributed by atoms with van der Waals surface area (Å²) in [6.45, 7) is 3.14. The monoisotopic (exact) mass is 189 g/mol. The van der Waals surface area contributed by atoms with Gasteiger partial charge in [-0.2, -0.15) is 0 Å². The highest BCUT2D eigenvalue weighted by Gasteiger charge is 2.22. The molecule has 1 atom stereocenters. The molecule has 1 saturated heterocycles. The topological polar surface area (TPSA) is 37.4 Å². The summed E-state index contributed by atoms with van der Waals surface area (Å²) >= 11 is 0. The Hall–Kier alpha value is -0.380. The number of amides is 1. The maximum absolute atomic E-state index is 11.1. The minimum atomic E-state index is -0.718. The summed E-state index contributed by atoms with van der Waals surface area (Å²) < 4.78 is 11.1. The van der Waals surface area contributed by atoms with Gasteiger partial charge in [0.05, 0.1) is 0 Å². The van der Waals surface area contributed by atoms with Gasteiger partial charge in [0.2, 0.25) is 5.91 Å². The third-order valence-corrected chi connectivity index (χ3v) is 3.77. The van der Waals surface area contributed by atoms with E-state index in [1.807, 2.05) is 4.90 Å². The molecule has 0 aliphatic carbocycles. The van der Waals surface area contributed by atoms with E-state index in [9.17, 15) is 9.00 Å². The van der Waals surface area contributed by atoms with Crippen LogP contribution in [-0.4, -0.2) is 39.6 Å². The van der Waals surface area contributed by atoms with Crippen molar-refractivity contribution in [3.63, 3.8) is 0 Å². The normalized spacial score (nSPS) is 22.3. The molecule has 0 aromatic carbocycles. The van der Waals surface area contributed by atoms with Crippen molar-refractivity contribution < 1.29 is 9.00 Å². The number of carbonyl (C=O) groups excluding carboxylic acids is 1. The molecule has 70 valence electrons. The number of hydrogen-bond donors (Lipinski definition) is 0. The van der Waals surface area contributed by atoms with Gasteiger partial charge in [0.15, 0.2) is 0 Å². The Morgan fingerprint density at radius 2 is 1.92 bits per heavy atom. The highest BCUT2D eigenvalue weighted by Crippen LogP contribution is 2.14. The largest absolute Gasteiger partial charge is 0.343 e. The second-order valence-corrected chi connectivity index (χ2v) is 4.87. The second kappa shape index (κ2) is 4.03. The Kier molecular flexibility index (Phi) is 3.26. The predicted molar refractivity (Wildman–Crippen MR) is 49.3 cm³/mol. The summed E-state index contributed by atoms with van der Waals surface area (Å²) in [6, 6.07) is 0. The van der Waals surface area contributed by atoms with Gasteiger partial charge in [0, 0.05) is 42.3 Å². The first-order valence-electron chi connectivity index (χ1n) is 4.19. The zero-order valence-electron chi connectivity index (χ0n) is 7.58. The first kappa shape index (κ1) is 9.71. The first-order valence-corrected chi connectivity index (χ1v) is 5.81. The van der Waals surface area contributed by atoms with Crippen molar-refractivity contribution in [2.45, 2.75) is 25.0 Å². The van der Waals surface area contributed by atoms with Crippen molar-refractivity contribution in [2.75, 3.05) is 19.3 Å². The summed E-state index contributed by atoms with van der Waals surface area (Å²) in [5.74, 6) is 0.135. The average Bonchev–Trinajstić information content (AvgIpc) is 2.04. The molecule has 1 fully saturated rings. The van der Waals surface area contributed by atoms with Gasteiger partial charge in [-0.05, 0) is 12.8 Å². The van der Waals surface area contributed by atoms with Crippen LogP contribution in [0.2, 0.25) is 0 Å². The van der Waals surface area contributed by atoms with E-state index < -0.39 is 10.8 Å². The summed E-state index contributed by atoms with van der Waals surface area (Å²) in [4.78, 5) is 12.7. The molecule has 0 radical (unpaired) electrons. The number of likely N-dealkylation sites (tertiary alicyclic amines) is 1. The third-order valence-electron chi connectivity index (χ3n) is 2.36. The van der Waals surface area contributed by atoms with Crippen LogP contribution in [0.15, 0.2) is 0 Å². The number of nitrogens with zero attached hydrogens (tertiary/aromatic N) is 1. The Morgan fingerprint density at radius 1 is 1.42 bits per heavy atom. The third kappa shape index (κ3) is 2.30. The molecule has 0 N–H and O–H groups in total. The minimum Gasteiger partial charge on any atom is -0.343 e. The molecule has 0 aromatic heterocycles. The molecule has 3 nitrogen and oxygen atoms in total. The van der Waals surface area contributed by atoms with E-state index in [2.05, 4.69) is 0 Å². The van der Waals surface area contributed by atoms with E-state index in [0.717, 1.165) is 25.9 Å². The summed E-state index contributed by atoms with van der Waals surface area (Å²) in [6.07, 6.45) is 3.53. The lowest BCUT2D eigenvalue weighted by molar-refractivity contribution is -0.129. The van der Waals surface area contributed by atoms with Crippen molar-refractivity contribution in [3.05, 3.63) is 0 Å². The summed E-state index contributed by atoms with van der Waals surface area (Å²) in [5, 5.41) is 0.306. The molecular formula is C8H15NO2S. The molecule has 0 saturated carbocycles. The van der Waals surface area contributed by atoms with E-state index in [-0.39, 0.29) is 5.91 Å². The Morgan fingerprint density at radius 3 is 2.25 bits per heavy atom. The van der Waals surface area contributed by atoms with Crippen LogP contribution >= 0.6 is 0 Å². The zero-order valence-corrected chi connectivity index (χ0v) is 8.39. The maximum atomic E-state index is 11.1. The van der Waals surface area contributed by atoms with Crippen LogP contribution in [-0.2, 0) is 15.6 Å². The smallest absolute Gasteiger partial charge is 0.219 e. The minimum absolute atomic E-state index is 0.135. The average molecular weight is 189 g/mol. The Labute approximate surface area is 75.6 Å². The molecule has 1 unspecified atom stereocenters. The Bertz CT molecular complexity index is 175. The molecule has 4 heteroatoms. The van der Waals surface area contributed by atoms with Crippen LogP contribution in [0.5, 0.6) is 0 Å². The van der Waals surface area contributed by atoms with Crippen LogP contribution in [0.3, 0.4) is 0 Å². The molecule has 0 spiro atoms. The molecule has 1 aliphatic rings. The van der Waals surface area contributed by atoms with E-state index in [1.54, 1.807) is 13.2 Å². The zero-order chi connectivity index (χ0) is 9.14. The fourth-order valence-electron chi connectivity index (χ4n) is 1.50. The molecule has 1 aliphatic heterocycles. The lowest BCUT2D eigenvalue weighted by Crippen LogP contribution is -2.39. The van der Waals surface area contributed by atoms with Crippen LogP contribution in [0, 0.1) is 0 Å². The van der Waals surface area contributed by atoms with Crippen molar-refractivity contribution >= 4 is 16.7 Å². The van der Waals surface area contributed by atoms with Gasteiger partial charge in [-0.1, -0.05) is 0 Å². The Balaban J connectivity index is 2.39. The molecule has 1 amide bonds. The van der Waals surface area contributed by atoms with Crippen LogP contribution in [0.4, 0.5) is 0 Å². The summed E-state index contributed by atoms with van der Waals surface area (Å²) in [5.41, 5.74) is 0. The van der Waals surface area contributed by atoms with Crippen molar-refractivity contribution in [2.24, 2.45) is 0 Å². The summed E-state index contributed by atoms with van der Waals surface area (Å²) in [7, 11) is -0.718. The van der Waals surface area contributed by atoms with Crippen LogP contribution in [0.1, 0.15) is 19.8 Å². The molecule has 12 heavy (non-hydrogen) atoms. The molecule has 1 heterocycles. The fourth-order valence-corrected chi connectivity index (χ4v) is 2.38. The molecule has 1 rings (SSSR count). The number of rotatable bonds is 1. The van der Waals surface area contributed by atoms with Gasteiger partial charge >= 0.3 is 0 Å². The van der Waals surface area contributed by atoms with E-state index in [4.69, 9.17) is 0 Å². The van der Waals surface area contributed by atoms with Crippen LogP contribution < -0.4 is 0 Å². The van der Waals surface area contributed by atoms with E-state index >= 15 is 0 Å². The van der Waals surface area contributed by atoms with Gasteiger partial charge < -0.3 is 4.90 Å². The lowest BCUT2D eigenvalue weighted by Gasteiger charge is -2.29. The standard InChI is InChI=1S/C8H15NO2S/c1-7(10)9-5-3-8(4-6-9)12(2)11/h8H,3-6H2,1-2H3. The molecule has 0 bridgehead atoms. The number of carbonyl (C=O) groups is 1. The molecule has 0 aromatic rings. The fraction of sp³-hybridized carbons (Fsp3) is 0.875. The van der Waals surface area contributed by atoms with E-state index in [1.165, 1.54) is 0 Å². The second-order valence-electron chi connectivity index (χ2n) is 3.20. The van der Waals surface area contributed by atoms with Crippen molar-refractivity contribution in [3.8, 4) is 0 Å². The highest BCUT2D eigenvalue weighted by molar-refractivity contribution is 7.84. The lowest BCUT2D eigenvalue weighted by atomic mass is 10.1. The van der Waals surface area contributed by atoms with Crippen molar-refractivity contribution in [1.82, 2.24) is 4.90 Å². The van der Waals surface area contributed by atoms with Gasteiger partial charge in [-0.25, -0.2) is 0 Å². The SMILES string of the molecule is CC(=O)N1CCC(S(C)=O)CC1. The first-order chi connectivity index (χ1) is 5.61. The quantitative estimate of drug-likeness (QED) is 0.598. The highest BCUT2D eigenvalue weighted by atomic mass is 32.2. The predicted octanol–water partition coefficient (Wildman–Crippen LogP) is 0.376. The van der Waals surface area contributed by atoms with E-state index in [0.29, 0.717) is 5.25 Å². The molecular weight excluding hydrogens is 174 g/mol.